The smallest absolute Gasteiger partial charge is 0.319 e. The molecule has 2 aromatic carbocycles. The lowest BCUT2D eigenvalue weighted by atomic mass is 10.2. The third-order valence-electron chi connectivity index (χ3n) is 3.09. The molecule has 0 spiro atoms. The van der Waals surface area contributed by atoms with E-state index in [1.807, 2.05) is 42.5 Å². The van der Waals surface area contributed by atoms with Gasteiger partial charge in [-0.3, -0.25) is 0 Å². The Labute approximate surface area is 139 Å². The van der Waals surface area contributed by atoms with Gasteiger partial charge in [0.1, 0.15) is 12.4 Å². The highest BCUT2D eigenvalue weighted by molar-refractivity contribution is 9.10. The summed E-state index contributed by atoms with van der Waals surface area (Å²) in [6.45, 7) is 2.97. The Kier molecular flexibility index (Phi) is 6.27. The first-order valence-electron chi connectivity index (χ1n) is 7.20. The Balaban J connectivity index is 1.72. The Morgan fingerprint density at radius 1 is 1.18 bits per heavy atom. The molecular weight excluding hydrogens is 344 g/mol. The van der Waals surface area contributed by atoms with Gasteiger partial charge in [0.15, 0.2) is 0 Å². The van der Waals surface area contributed by atoms with Crippen LogP contribution in [-0.2, 0) is 6.42 Å². The highest BCUT2D eigenvalue weighted by Gasteiger charge is 2.04. The van der Waals surface area contributed by atoms with Crippen LogP contribution in [0.1, 0.15) is 12.5 Å². The molecule has 0 heterocycles. The number of urea groups is 1. The van der Waals surface area contributed by atoms with E-state index in [1.54, 1.807) is 0 Å². The van der Waals surface area contributed by atoms with Crippen molar-refractivity contribution in [1.29, 1.82) is 0 Å². The largest absolute Gasteiger partial charge is 0.492 e. The molecule has 0 fully saturated rings. The van der Waals surface area contributed by atoms with Crippen molar-refractivity contribution in [3.8, 4) is 5.75 Å². The average molecular weight is 363 g/mol. The number of carbonyl (C=O) groups excluding carboxylic acids is 1. The van der Waals surface area contributed by atoms with Gasteiger partial charge < -0.3 is 15.4 Å². The second kappa shape index (κ2) is 8.44. The molecule has 0 radical (unpaired) electrons. The minimum atomic E-state index is -0.252. The van der Waals surface area contributed by atoms with Crippen molar-refractivity contribution >= 4 is 27.6 Å². The summed E-state index contributed by atoms with van der Waals surface area (Å²) in [5.41, 5.74) is 1.97. The van der Waals surface area contributed by atoms with Crippen molar-refractivity contribution in [3.63, 3.8) is 0 Å². The van der Waals surface area contributed by atoms with Crippen molar-refractivity contribution in [1.82, 2.24) is 5.32 Å². The highest BCUT2D eigenvalue weighted by Crippen LogP contribution is 2.20. The molecular formula is C17H19BrN2O2. The summed E-state index contributed by atoms with van der Waals surface area (Å²) in [6, 6.07) is 15.2. The molecule has 22 heavy (non-hydrogen) atoms. The number of benzene rings is 2. The first-order chi connectivity index (χ1) is 10.7. The molecule has 2 aromatic rings. The summed E-state index contributed by atoms with van der Waals surface area (Å²) in [4.78, 5) is 11.8. The number of para-hydroxylation sites is 1. The van der Waals surface area contributed by atoms with Gasteiger partial charge >= 0.3 is 6.03 Å². The normalized spacial score (nSPS) is 10.1. The molecule has 0 atom stereocenters. The maximum atomic E-state index is 11.8. The molecule has 0 aromatic heterocycles. The zero-order valence-electron chi connectivity index (χ0n) is 12.4. The minimum absolute atomic E-state index is 0.252. The Bertz CT molecular complexity index is 632. The van der Waals surface area contributed by atoms with E-state index in [4.69, 9.17) is 4.74 Å². The number of ether oxygens (including phenoxy) is 1. The van der Waals surface area contributed by atoms with Crippen molar-refractivity contribution in [2.75, 3.05) is 18.5 Å². The number of hydrogen-bond acceptors (Lipinski definition) is 2. The molecule has 0 aliphatic carbocycles. The van der Waals surface area contributed by atoms with Crippen molar-refractivity contribution < 1.29 is 9.53 Å². The number of carbonyl (C=O) groups is 1. The number of amides is 2. The van der Waals surface area contributed by atoms with E-state index in [9.17, 15) is 4.79 Å². The molecule has 0 aliphatic rings. The molecule has 2 N–H and O–H groups in total. The van der Waals surface area contributed by atoms with Gasteiger partial charge in [0, 0.05) is 4.47 Å². The number of halogens is 1. The van der Waals surface area contributed by atoms with E-state index in [1.165, 1.54) is 5.56 Å². The van der Waals surface area contributed by atoms with E-state index in [0.717, 1.165) is 22.3 Å². The SMILES string of the molecule is CCc1cccc(OCCNC(=O)Nc2ccccc2Br)c1. The first kappa shape index (κ1) is 16.4. The summed E-state index contributed by atoms with van der Waals surface area (Å²) in [5, 5.41) is 5.54. The number of nitrogens with one attached hydrogen (secondary N) is 2. The monoisotopic (exact) mass is 362 g/mol. The van der Waals surface area contributed by atoms with Crippen LogP contribution in [0, 0.1) is 0 Å². The molecule has 4 nitrogen and oxygen atoms in total. The van der Waals surface area contributed by atoms with Crippen molar-refractivity contribution in [2.24, 2.45) is 0 Å². The summed E-state index contributed by atoms with van der Waals surface area (Å²) in [7, 11) is 0. The molecule has 0 bridgehead atoms. The third kappa shape index (κ3) is 5.07. The first-order valence-corrected chi connectivity index (χ1v) is 7.99. The van der Waals surface area contributed by atoms with Gasteiger partial charge in [0.2, 0.25) is 0 Å². The van der Waals surface area contributed by atoms with Crippen molar-refractivity contribution in [2.45, 2.75) is 13.3 Å². The van der Waals surface area contributed by atoms with Crippen LogP contribution < -0.4 is 15.4 Å². The predicted molar refractivity (Wildman–Crippen MR) is 92.5 cm³/mol. The Morgan fingerprint density at radius 3 is 2.77 bits per heavy atom. The zero-order valence-corrected chi connectivity index (χ0v) is 14.0. The van der Waals surface area contributed by atoms with Gasteiger partial charge in [-0.2, -0.15) is 0 Å². The molecule has 0 saturated carbocycles. The van der Waals surface area contributed by atoms with Gasteiger partial charge in [0.05, 0.1) is 12.2 Å². The third-order valence-corrected chi connectivity index (χ3v) is 3.78. The Hall–Kier alpha value is -2.01. The highest BCUT2D eigenvalue weighted by atomic mass is 79.9. The van der Waals surface area contributed by atoms with Crippen LogP contribution in [0.4, 0.5) is 10.5 Å². The van der Waals surface area contributed by atoms with E-state index in [-0.39, 0.29) is 6.03 Å². The van der Waals surface area contributed by atoms with Crippen LogP contribution in [0.3, 0.4) is 0 Å². The summed E-state index contributed by atoms with van der Waals surface area (Å²) >= 11 is 3.38. The van der Waals surface area contributed by atoms with Crippen LogP contribution in [0.5, 0.6) is 5.75 Å². The topological polar surface area (TPSA) is 50.4 Å². The fourth-order valence-electron chi connectivity index (χ4n) is 1.92. The summed E-state index contributed by atoms with van der Waals surface area (Å²) in [6.07, 6.45) is 0.976. The van der Waals surface area contributed by atoms with Gasteiger partial charge in [0.25, 0.3) is 0 Å². The second-order valence-electron chi connectivity index (χ2n) is 4.71. The molecule has 116 valence electrons. The van der Waals surface area contributed by atoms with Gasteiger partial charge in [-0.15, -0.1) is 0 Å². The van der Waals surface area contributed by atoms with Crippen LogP contribution >= 0.6 is 15.9 Å². The number of hydrogen-bond donors (Lipinski definition) is 2. The lowest BCUT2D eigenvalue weighted by Crippen LogP contribution is -2.32. The van der Waals surface area contributed by atoms with Crippen LogP contribution in [0.2, 0.25) is 0 Å². The molecule has 2 rings (SSSR count). The quantitative estimate of drug-likeness (QED) is 0.756. The molecule has 0 unspecified atom stereocenters. The maximum absolute atomic E-state index is 11.8. The van der Waals surface area contributed by atoms with E-state index in [0.29, 0.717) is 13.2 Å². The fourth-order valence-corrected chi connectivity index (χ4v) is 2.30. The van der Waals surface area contributed by atoms with Crippen LogP contribution in [-0.4, -0.2) is 19.2 Å². The van der Waals surface area contributed by atoms with Crippen LogP contribution in [0.15, 0.2) is 53.0 Å². The molecule has 2 amide bonds. The number of anilines is 1. The minimum Gasteiger partial charge on any atom is -0.492 e. The van der Waals surface area contributed by atoms with Crippen LogP contribution in [0.25, 0.3) is 0 Å². The lowest BCUT2D eigenvalue weighted by molar-refractivity contribution is 0.247. The van der Waals surface area contributed by atoms with Gasteiger partial charge in [-0.25, -0.2) is 4.79 Å². The lowest BCUT2D eigenvalue weighted by Gasteiger charge is -2.10. The molecule has 0 aliphatic heterocycles. The van der Waals surface area contributed by atoms with E-state index >= 15 is 0 Å². The zero-order chi connectivity index (χ0) is 15.8. The average Bonchev–Trinajstić information content (AvgIpc) is 2.54. The van der Waals surface area contributed by atoms with Crippen molar-refractivity contribution in [3.05, 3.63) is 58.6 Å². The summed E-state index contributed by atoms with van der Waals surface area (Å²) in [5.74, 6) is 0.826. The second-order valence-corrected chi connectivity index (χ2v) is 5.56. The molecule has 5 heteroatoms. The van der Waals surface area contributed by atoms with E-state index < -0.39 is 0 Å². The summed E-state index contributed by atoms with van der Waals surface area (Å²) < 4.78 is 6.47. The standard InChI is InChI=1S/C17H19BrN2O2/c1-2-13-6-5-7-14(12-13)22-11-10-19-17(21)20-16-9-4-3-8-15(16)18/h3-9,12H,2,10-11H2,1H3,(H2,19,20,21). The predicted octanol–water partition coefficient (Wildman–Crippen LogP) is 4.21. The van der Waals surface area contributed by atoms with Gasteiger partial charge in [-0.1, -0.05) is 31.2 Å². The van der Waals surface area contributed by atoms with E-state index in [2.05, 4.69) is 39.6 Å². The number of rotatable bonds is 6. The number of aryl methyl sites for hydroxylation is 1. The molecule has 0 saturated heterocycles. The Morgan fingerprint density at radius 2 is 2.00 bits per heavy atom. The fraction of sp³-hybridized carbons (Fsp3) is 0.235. The van der Waals surface area contributed by atoms with Gasteiger partial charge in [-0.05, 0) is 52.2 Å². The maximum Gasteiger partial charge on any atom is 0.319 e.